The van der Waals surface area contributed by atoms with E-state index in [2.05, 4.69) is 72.9 Å². The van der Waals surface area contributed by atoms with Crippen LogP contribution in [0.25, 0.3) is 0 Å². The third-order valence-corrected chi connectivity index (χ3v) is 3.60. The third-order valence-electron chi connectivity index (χ3n) is 2.88. The molecule has 0 saturated carbocycles. The van der Waals surface area contributed by atoms with Gasteiger partial charge in [0.15, 0.2) is 0 Å². The molecule has 0 radical (unpaired) electrons. The van der Waals surface area contributed by atoms with E-state index in [0.717, 1.165) is 24.9 Å². The molecule has 0 saturated heterocycles. The van der Waals surface area contributed by atoms with Crippen molar-refractivity contribution in [3.8, 4) is 0 Å². The molecule has 1 unspecified atom stereocenters. The van der Waals surface area contributed by atoms with Gasteiger partial charge in [-0.3, -0.25) is 0 Å². The van der Waals surface area contributed by atoms with E-state index >= 15 is 0 Å². The summed E-state index contributed by atoms with van der Waals surface area (Å²) in [5, 5.41) is 3.53. The zero-order valence-electron chi connectivity index (χ0n) is 11.2. The van der Waals surface area contributed by atoms with Crippen molar-refractivity contribution in [1.29, 1.82) is 0 Å². The van der Waals surface area contributed by atoms with Gasteiger partial charge in [-0.05, 0) is 78.1 Å². The molecule has 0 bridgehead atoms. The monoisotopic (exact) mass is 345 g/mol. The van der Waals surface area contributed by atoms with Crippen LogP contribution in [0.3, 0.4) is 0 Å². The standard InChI is InChI=1S/C15H24IN/c1-12(2)10-17-11-13(3)4-5-14-6-8-15(16)9-7-14/h6-9,12-13,17H,4-5,10-11H2,1-3H3. The lowest BCUT2D eigenvalue weighted by molar-refractivity contribution is 0.454. The van der Waals surface area contributed by atoms with Gasteiger partial charge < -0.3 is 5.32 Å². The summed E-state index contributed by atoms with van der Waals surface area (Å²) in [5.41, 5.74) is 1.46. The molecular weight excluding hydrogens is 321 g/mol. The molecule has 17 heavy (non-hydrogen) atoms. The topological polar surface area (TPSA) is 12.0 Å². The average molecular weight is 345 g/mol. The van der Waals surface area contributed by atoms with Gasteiger partial charge >= 0.3 is 0 Å². The van der Waals surface area contributed by atoms with Crippen molar-refractivity contribution in [1.82, 2.24) is 5.32 Å². The molecule has 1 aromatic rings. The lowest BCUT2D eigenvalue weighted by Crippen LogP contribution is -2.25. The van der Waals surface area contributed by atoms with E-state index in [1.54, 1.807) is 0 Å². The highest BCUT2D eigenvalue weighted by molar-refractivity contribution is 14.1. The Morgan fingerprint density at radius 2 is 1.71 bits per heavy atom. The summed E-state index contributed by atoms with van der Waals surface area (Å²) in [7, 11) is 0. The molecule has 0 aliphatic rings. The molecular formula is C15H24IN. The van der Waals surface area contributed by atoms with Gasteiger partial charge in [0.25, 0.3) is 0 Å². The van der Waals surface area contributed by atoms with Gasteiger partial charge in [-0.25, -0.2) is 0 Å². The summed E-state index contributed by atoms with van der Waals surface area (Å²) in [5.74, 6) is 1.51. The zero-order valence-corrected chi connectivity index (χ0v) is 13.3. The second kappa shape index (κ2) is 8.09. The van der Waals surface area contributed by atoms with Crippen LogP contribution in [-0.4, -0.2) is 13.1 Å². The van der Waals surface area contributed by atoms with E-state index in [0.29, 0.717) is 0 Å². The normalized spacial score (nSPS) is 13.0. The number of aryl methyl sites for hydroxylation is 1. The van der Waals surface area contributed by atoms with Gasteiger partial charge in [0.1, 0.15) is 0 Å². The molecule has 2 heteroatoms. The Balaban J connectivity index is 2.19. The van der Waals surface area contributed by atoms with E-state index in [4.69, 9.17) is 0 Å². The van der Waals surface area contributed by atoms with Gasteiger partial charge in [-0.15, -0.1) is 0 Å². The Labute approximate surface area is 120 Å². The lowest BCUT2D eigenvalue weighted by Gasteiger charge is -2.13. The highest BCUT2D eigenvalue weighted by Crippen LogP contribution is 2.11. The van der Waals surface area contributed by atoms with Crippen molar-refractivity contribution < 1.29 is 0 Å². The van der Waals surface area contributed by atoms with Gasteiger partial charge in [0.2, 0.25) is 0 Å². The quantitative estimate of drug-likeness (QED) is 0.734. The van der Waals surface area contributed by atoms with Crippen molar-refractivity contribution in [2.45, 2.75) is 33.6 Å². The molecule has 0 heterocycles. The van der Waals surface area contributed by atoms with E-state index in [1.165, 1.54) is 22.0 Å². The summed E-state index contributed by atoms with van der Waals surface area (Å²) in [6.07, 6.45) is 2.47. The molecule has 1 atom stereocenters. The minimum atomic E-state index is 0.749. The lowest BCUT2D eigenvalue weighted by atomic mass is 10.0. The first-order valence-corrected chi connectivity index (χ1v) is 7.61. The van der Waals surface area contributed by atoms with Crippen molar-refractivity contribution >= 4 is 22.6 Å². The van der Waals surface area contributed by atoms with E-state index in [9.17, 15) is 0 Å². The van der Waals surface area contributed by atoms with Crippen LogP contribution >= 0.6 is 22.6 Å². The molecule has 0 spiro atoms. The van der Waals surface area contributed by atoms with Gasteiger partial charge in [0.05, 0.1) is 0 Å². The maximum Gasteiger partial charge on any atom is 0.0130 e. The predicted octanol–water partition coefficient (Wildman–Crippen LogP) is 4.11. The summed E-state index contributed by atoms with van der Waals surface area (Å²) in [6, 6.07) is 8.88. The Bertz CT molecular complexity index is 305. The number of hydrogen-bond acceptors (Lipinski definition) is 1. The zero-order chi connectivity index (χ0) is 12.7. The fraction of sp³-hybridized carbons (Fsp3) is 0.600. The minimum Gasteiger partial charge on any atom is -0.316 e. The molecule has 0 aliphatic carbocycles. The maximum absolute atomic E-state index is 3.53. The highest BCUT2D eigenvalue weighted by Gasteiger charge is 2.03. The summed E-state index contributed by atoms with van der Waals surface area (Å²) < 4.78 is 1.32. The van der Waals surface area contributed by atoms with Crippen molar-refractivity contribution in [3.05, 3.63) is 33.4 Å². The van der Waals surface area contributed by atoms with Crippen LogP contribution in [0.5, 0.6) is 0 Å². The molecule has 96 valence electrons. The van der Waals surface area contributed by atoms with Crippen molar-refractivity contribution in [3.63, 3.8) is 0 Å². The number of rotatable bonds is 7. The molecule has 1 aromatic carbocycles. The van der Waals surface area contributed by atoms with Gasteiger partial charge in [0, 0.05) is 3.57 Å². The molecule has 0 amide bonds. The van der Waals surface area contributed by atoms with Crippen molar-refractivity contribution in [2.75, 3.05) is 13.1 Å². The number of benzene rings is 1. The predicted molar refractivity (Wildman–Crippen MR) is 84.4 cm³/mol. The molecule has 0 fully saturated rings. The van der Waals surface area contributed by atoms with Gasteiger partial charge in [-0.1, -0.05) is 32.9 Å². The Morgan fingerprint density at radius 3 is 2.29 bits per heavy atom. The molecule has 1 nitrogen and oxygen atoms in total. The minimum absolute atomic E-state index is 0.749. The number of halogens is 1. The Morgan fingerprint density at radius 1 is 1.06 bits per heavy atom. The molecule has 0 aliphatic heterocycles. The Kier molecular flexibility index (Phi) is 7.12. The summed E-state index contributed by atoms with van der Waals surface area (Å²) in [4.78, 5) is 0. The fourth-order valence-electron chi connectivity index (χ4n) is 1.78. The molecule has 0 aromatic heterocycles. The average Bonchev–Trinajstić information content (AvgIpc) is 2.28. The smallest absolute Gasteiger partial charge is 0.0130 e. The van der Waals surface area contributed by atoms with Crippen LogP contribution in [-0.2, 0) is 6.42 Å². The van der Waals surface area contributed by atoms with Crippen LogP contribution in [0.15, 0.2) is 24.3 Å². The van der Waals surface area contributed by atoms with E-state index < -0.39 is 0 Å². The van der Waals surface area contributed by atoms with Crippen LogP contribution in [0.2, 0.25) is 0 Å². The second-order valence-corrected chi connectivity index (χ2v) is 6.57. The first-order valence-electron chi connectivity index (χ1n) is 6.53. The van der Waals surface area contributed by atoms with E-state index in [-0.39, 0.29) is 0 Å². The number of hydrogen-bond donors (Lipinski definition) is 1. The van der Waals surface area contributed by atoms with Gasteiger partial charge in [-0.2, -0.15) is 0 Å². The third kappa shape index (κ3) is 7.04. The SMILES string of the molecule is CC(C)CNCC(C)CCc1ccc(I)cc1. The summed E-state index contributed by atoms with van der Waals surface area (Å²) in [6.45, 7) is 9.11. The van der Waals surface area contributed by atoms with Crippen LogP contribution in [0, 0.1) is 15.4 Å². The summed E-state index contributed by atoms with van der Waals surface area (Å²) >= 11 is 2.35. The van der Waals surface area contributed by atoms with Crippen LogP contribution < -0.4 is 5.32 Å². The maximum atomic E-state index is 3.53. The highest BCUT2D eigenvalue weighted by atomic mass is 127. The first kappa shape index (κ1) is 15.0. The molecule has 1 rings (SSSR count). The molecule has 1 N–H and O–H groups in total. The van der Waals surface area contributed by atoms with E-state index in [1.807, 2.05) is 0 Å². The Hall–Kier alpha value is -0.0900. The second-order valence-electron chi connectivity index (χ2n) is 5.32. The fourth-order valence-corrected chi connectivity index (χ4v) is 2.14. The van der Waals surface area contributed by atoms with Crippen molar-refractivity contribution in [2.24, 2.45) is 11.8 Å². The largest absolute Gasteiger partial charge is 0.316 e. The van der Waals surface area contributed by atoms with Crippen LogP contribution in [0.4, 0.5) is 0 Å². The number of nitrogens with one attached hydrogen (secondary N) is 1. The first-order chi connectivity index (χ1) is 8.08. The van der Waals surface area contributed by atoms with Crippen LogP contribution in [0.1, 0.15) is 32.8 Å².